The molecule has 6 heteroatoms. The molecule has 0 aliphatic heterocycles. The van der Waals surface area contributed by atoms with Crippen molar-refractivity contribution in [2.45, 2.75) is 91.3 Å². The van der Waals surface area contributed by atoms with Crippen molar-refractivity contribution in [3.05, 3.63) is 11.6 Å². The van der Waals surface area contributed by atoms with Gasteiger partial charge >= 0.3 is 0 Å². The fourth-order valence-electron chi connectivity index (χ4n) is 7.62. The molecule has 4 aliphatic carbocycles. The number of carbonyl (C=O) groups excluding carboxylic acids is 3. The molecule has 0 radical (unpaired) electrons. The van der Waals surface area contributed by atoms with Gasteiger partial charge in [0.1, 0.15) is 5.60 Å². The molecule has 0 aromatic rings. The fraction of sp³-hybridized carbons (Fsp3) is 0.808. The lowest BCUT2D eigenvalue weighted by Crippen LogP contribution is -2.62. The Bertz CT molecular complexity index is 872. The molecule has 5 nitrogen and oxygen atoms in total. The third kappa shape index (κ3) is 3.47. The van der Waals surface area contributed by atoms with Crippen molar-refractivity contribution in [3.8, 4) is 0 Å². The number of ketones is 2. The summed E-state index contributed by atoms with van der Waals surface area (Å²) in [7, 11) is 0. The Labute approximate surface area is 195 Å². The number of hydrogen-bond acceptors (Lipinski definition) is 6. The summed E-state index contributed by atoms with van der Waals surface area (Å²) in [5, 5.41) is 23.1. The average Bonchev–Trinajstić information content (AvgIpc) is 2.97. The lowest BCUT2D eigenvalue weighted by molar-refractivity contribution is -0.178. The number of aliphatic hydroxyl groups is 2. The van der Waals surface area contributed by atoms with E-state index in [4.69, 9.17) is 0 Å². The van der Waals surface area contributed by atoms with Gasteiger partial charge in [-0.3, -0.25) is 14.4 Å². The van der Waals surface area contributed by atoms with Gasteiger partial charge in [-0.05, 0) is 67.8 Å². The lowest BCUT2D eigenvalue weighted by atomic mass is 9.45. The van der Waals surface area contributed by atoms with Crippen LogP contribution in [0.15, 0.2) is 11.6 Å². The summed E-state index contributed by atoms with van der Waals surface area (Å²) < 4.78 is 0. The molecule has 7 atom stereocenters. The van der Waals surface area contributed by atoms with Crippen molar-refractivity contribution in [2.75, 3.05) is 5.75 Å². The zero-order valence-electron chi connectivity index (χ0n) is 20.1. The Balaban J connectivity index is 1.59. The van der Waals surface area contributed by atoms with E-state index in [-0.39, 0.29) is 45.6 Å². The number of hydrogen-bond donors (Lipinski definition) is 2. The summed E-state index contributed by atoms with van der Waals surface area (Å²) in [5.74, 6) is 0.332. The SMILES string of the molecule is CC(C)(C)C(=O)SCC(=O)[C@@]1(O)CC[C@@H]2[C@@H]3CCC4=CC(=O)CC[C@]4(C)[C@H]3[C@@H](O)C[C@@]21C. The van der Waals surface area contributed by atoms with Crippen molar-refractivity contribution in [1.82, 2.24) is 0 Å². The Hall–Kier alpha value is -0.980. The zero-order chi connectivity index (χ0) is 23.7. The number of rotatable bonds is 3. The highest BCUT2D eigenvalue weighted by atomic mass is 32.2. The number of fused-ring (bicyclic) bond motifs is 5. The molecule has 4 aliphatic rings. The number of carbonyl (C=O) groups is 3. The van der Waals surface area contributed by atoms with Crippen molar-refractivity contribution in [3.63, 3.8) is 0 Å². The average molecular weight is 463 g/mol. The highest BCUT2D eigenvalue weighted by Gasteiger charge is 2.68. The van der Waals surface area contributed by atoms with Gasteiger partial charge in [0, 0.05) is 17.3 Å². The lowest BCUT2D eigenvalue weighted by Gasteiger charge is -2.60. The smallest absolute Gasteiger partial charge is 0.194 e. The van der Waals surface area contributed by atoms with Crippen molar-refractivity contribution in [1.29, 1.82) is 0 Å². The van der Waals surface area contributed by atoms with E-state index in [2.05, 4.69) is 6.92 Å². The summed E-state index contributed by atoms with van der Waals surface area (Å²) in [6, 6.07) is 0. The largest absolute Gasteiger partial charge is 0.393 e. The summed E-state index contributed by atoms with van der Waals surface area (Å²) in [5.41, 5.74) is -1.74. The van der Waals surface area contributed by atoms with E-state index in [0.29, 0.717) is 19.3 Å². The Morgan fingerprint density at radius 2 is 1.84 bits per heavy atom. The number of thioether (sulfide) groups is 1. The van der Waals surface area contributed by atoms with Crippen molar-refractivity contribution >= 4 is 28.4 Å². The molecule has 0 spiro atoms. The van der Waals surface area contributed by atoms with Crippen LogP contribution in [-0.4, -0.2) is 44.4 Å². The second kappa shape index (κ2) is 7.78. The zero-order valence-corrected chi connectivity index (χ0v) is 20.9. The van der Waals surface area contributed by atoms with E-state index in [9.17, 15) is 24.6 Å². The predicted molar refractivity (Wildman–Crippen MR) is 125 cm³/mol. The van der Waals surface area contributed by atoms with Crippen LogP contribution in [0.4, 0.5) is 0 Å². The first-order valence-corrected chi connectivity index (χ1v) is 13.1. The highest BCUT2D eigenvalue weighted by Crippen LogP contribution is 2.67. The van der Waals surface area contributed by atoms with Crippen LogP contribution >= 0.6 is 11.8 Å². The first kappa shape index (κ1) is 24.2. The van der Waals surface area contributed by atoms with Crippen LogP contribution in [-0.2, 0) is 14.4 Å². The molecule has 0 amide bonds. The van der Waals surface area contributed by atoms with Crippen LogP contribution in [0.3, 0.4) is 0 Å². The number of Topliss-reactive ketones (excluding diaryl/α,β-unsaturated/α-hetero) is 1. The summed E-state index contributed by atoms with van der Waals surface area (Å²) in [6.45, 7) is 9.68. The van der Waals surface area contributed by atoms with Crippen LogP contribution in [0.1, 0.15) is 79.6 Å². The molecule has 0 unspecified atom stereocenters. The molecule has 0 bridgehead atoms. The highest BCUT2D eigenvalue weighted by molar-refractivity contribution is 8.14. The molecule has 0 aromatic carbocycles. The van der Waals surface area contributed by atoms with E-state index in [1.165, 1.54) is 5.57 Å². The van der Waals surface area contributed by atoms with E-state index in [0.717, 1.165) is 37.4 Å². The second-order valence-corrected chi connectivity index (χ2v) is 13.2. The molecule has 0 aromatic heterocycles. The molecule has 0 saturated heterocycles. The van der Waals surface area contributed by atoms with Gasteiger partial charge in [0.05, 0.1) is 11.9 Å². The van der Waals surface area contributed by atoms with Crippen LogP contribution in [0.25, 0.3) is 0 Å². The molecule has 32 heavy (non-hydrogen) atoms. The van der Waals surface area contributed by atoms with Crippen LogP contribution < -0.4 is 0 Å². The Morgan fingerprint density at radius 3 is 2.50 bits per heavy atom. The number of aliphatic hydroxyl groups excluding tert-OH is 1. The third-order valence-corrected chi connectivity index (χ3v) is 10.7. The summed E-state index contributed by atoms with van der Waals surface area (Å²) in [4.78, 5) is 37.7. The van der Waals surface area contributed by atoms with E-state index >= 15 is 0 Å². The summed E-state index contributed by atoms with van der Waals surface area (Å²) in [6.07, 6.45) is 5.78. The topological polar surface area (TPSA) is 91.7 Å². The third-order valence-electron chi connectivity index (χ3n) is 9.46. The molecule has 178 valence electrons. The fourth-order valence-corrected chi connectivity index (χ4v) is 8.55. The minimum atomic E-state index is -1.51. The quantitative estimate of drug-likeness (QED) is 0.656. The van der Waals surface area contributed by atoms with Crippen molar-refractivity contribution < 1.29 is 24.6 Å². The molecular weight excluding hydrogens is 424 g/mol. The first-order chi connectivity index (χ1) is 14.7. The van der Waals surface area contributed by atoms with Gasteiger partial charge in [-0.1, -0.05) is 52.0 Å². The van der Waals surface area contributed by atoms with E-state index < -0.39 is 22.5 Å². The van der Waals surface area contributed by atoms with Gasteiger partial charge in [0.25, 0.3) is 0 Å². The molecule has 3 fully saturated rings. The minimum absolute atomic E-state index is 0.0220. The van der Waals surface area contributed by atoms with Crippen LogP contribution in [0.2, 0.25) is 0 Å². The molecule has 2 N–H and O–H groups in total. The van der Waals surface area contributed by atoms with Gasteiger partial charge in [0.15, 0.2) is 16.7 Å². The molecule has 4 rings (SSSR count). The monoisotopic (exact) mass is 462 g/mol. The standard InChI is InChI=1S/C26H38O5S/c1-23(2,3)22(30)32-14-20(29)26(31)11-9-18-17-7-6-15-12-16(27)8-10-24(15,4)21(17)19(28)13-25(18,26)5/h12,17-19,21,28,31H,6-11,13-14H2,1-5H3/t17-,18+,19-,21+,24-,25-,26-/m0/s1. The maximum atomic E-state index is 13.3. The molecular formula is C26H38O5S. The predicted octanol–water partition coefficient (Wildman–Crippen LogP) is 4.10. The van der Waals surface area contributed by atoms with Gasteiger partial charge in [-0.15, -0.1) is 0 Å². The Morgan fingerprint density at radius 1 is 1.16 bits per heavy atom. The maximum absolute atomic E-state index is 13.3. The van der Waals surface area contributed by atoms with Gasteiger partial charge in [0.2, 0.25) is 0 Å². The minimum Gasteiger partial charge on any atom is -0.393 e. The normalized spacial score (nSPS) is 43.7. The summed E-state index contributed by atoms with van der Waals surface area (Å²) >= 11 is 1.00. The van der Waals surface area contributed by atoms with Gasteiger partial charge < -0.3 is 10.2 Å². The number of allylic oxidation sites excluding steroid dienone is 1. The molecule has 3 saturated carbocycles. The van der Waals surface area contributed by atoms with Crippen LogP contribution in [0, 0.1) is 34.0 Å². The van der Waals surface area contributed by atoms with Crippen molar-refractivity contribution in [2.24, 2.45) is 34.0 Å². The van der Waals surface area contributed by atoms with E-state index in [1.54, 1.807) is 0 Å². The first-order valence-electron chi connectivity index (χ1n) is 12.1. The van der Waals surface area contributed by atoms with E-state index in [1.807, 2.05) is 33.8 Å². The van der Waals surface area contributed by atoms with Crippen LogP contribution in [0.5, 0.6) is 0 Å². The van der Waals surface area contributed by atoms with Gasteiger partial charge in [-0.2, -0.15) is 0 Å². The Kier molecular flexibility index (Phi) is 5.87. The second-order valence-electron chi connectivity index (χ2n) is 12.2. The van der Waals surface area contributed by atoms with Gasteiger partial charge in [-0.25, -0.2) is 0 Å². The molecule has 0 heterocycles. The maximum Gasteiger partial charge on any atom is 0.194 e.